The lowest BCUT2D eigenvalue weighted by Gasteiger charge is -2.27. The topological polar surface area (TPSA) is 60.7 Å². The maximum atomic E-state index is 8.68. The quantitative estimate of drug-likeness (QED) is 0.728. The lowest BCUT2D eigenvalue weighted by Crippen LogP contribution is -2.45. The van der Waals surface area contributed by atoms with Gasteiger partial charge in [0.05, 0.1) is 11.6 Å². The molecule has 0 spiro atoms. The van der Waals surface area contributed by atoms with E-state index in [1.807, 2.05) is 0 Å². The Morgan fingerprint density at radius 2 is 2.50 bits per heavy atom. The van der Waals surface area contributed by atoms with E-state index in [1.165, 1.54) is 0 Å². The molecule has 1 aliphatic heterocycles. The van der Waals surface area contributed by atoms with Crippen molar-refractivity contribution in [3.63, 3.8) is 0 Å². The second-order valence-electron chi connectivity index (χ2n) is 3.45. The van der Waals surface area contributed by atoms with Crippen LogP contribution in [0.25, 0.3) is 0 Å². The molecule has 2 N–H and O–H groups in total. The molecule has 0 bridgehead atoms. The maximum absolute atomic E-state index is 8.68. The van der Waals surface area contributed by atoms with Crippen LogP contribution in [0.15, 0.2) is 18.3 Å². The predicted molar refractivity (Wildman–Crippen MR) is 53.8 cm³/mol. The summed E-state index contributed by atoms with van der Waals surface area (Å²) < 4.78 is 0. The molecular formula is C10H12N4. The number of aromatic nitrogens is 1. The van der Waals surface area contributed by atoms with Crippen molar-refractivity contribution in [2.75, 3.05) is 25.0 Å². The fourth-order valence-electron chi connectivity index (χ4n) is 1.34. The number of hydrogen-bond donors (Lipinski definition) is 2. The maximum Gasteiger partial charge on any atom is 0.127 e. The van der Waals surface area contributed by atoms with Gasteiger partial charge in [0.2, 0.25) is 0 Å². The van der Waals surface area contributed by atoms with Crippen molar-refractivity contribution in [3.05, 3.63) is 23.9 Å². The molecule has 1 fully saturated rings. The van der Waals surface area contributed by atoms with Gasteiger partial charge in [0, 0.05) is 31.7 Å². The molecule has 4 heteroatoms. The van der Waals surface area contributed by atoms with Gasteiger partial charge in [-0.25, -0.2) is 4.98 Å². The van der Waals surface area contributed by atoms with E-state index < -0.39 is 0 Å². The summed E-state index contributed by atoms with van der Waals surface area (Å²) in [6.45, 7) is 3.07. The van der Waals surface area contributed by atoms with E-state index in [0.29, 0.717) is 11.5 Å². The fourth-order valence-corrected chi connectivity index (χ4v) is 1.34. The van der Waals surface area contributed by atoms with E-state index >= 15 is 0 Å². The summed E-state index contributed by atoms with van der Waals surface area (Å²) in [4.78, 5) is 4.14. The molecule has 2 heterocycles. The number of nitrogens with zero attached hydrogens (tertiary/aromatic N) is 2. The highest BCUT2D eigenvalue weighted by atomic mass is 15.0. The molecule has 0 aliphatic carbocycles. The van der Waals surface area contributed by atoms with Crippen LogP contribution in [0.1, 0.15) is 5.56 Å². The zero-order chi connectivity index (χ0) is 9.80. The van der Waals surface area contributed by atoms with E-state index in [0.717, 1.165) is 25.5 Å². The Hall–Kier alpha value is -1.60. The minimum atomic E-state index is 0.647. The Kier molecular flexibility index (Phi) is 2.61. The van der Waals surface area contributed by atoms with Gasteiger partial charge in [-0.2, -0.15) is 5.26 Å². The highest BCUT2D eigenvalue weighted by Gasteiger charge is 2.15. The third-order valence-electron chi connectivity index (χ3n) is 2.33. The van der Waals surface area contributed by atoms with Crippen molar-refractivity contribution in [2.24, 2.45) is 5.92 Å². The van der Waals surface area contributed by atoms with Crippen LogP contribution in [0.3, 0.4) is 0 Å². The van der Waals surface area contributed by atoms with Gasteiger partial charge >= 0.3 is 0 Å². The van der Waals surface area contributed by atoms with Gasteiger partial charge in [-0.05, 0) is 12.1 Å². The van der Waals surface area contributed by atoms with Crippen LogP contribution in [0.5, 0.6) is 0 Å². The van der Waals surface area contributed by atoms with Crippen molar-refractivity contribution >= 4 is 5.82 Å². The van der Waals surface area contributed by atoms with Crippen LogP contribution in [0.4, 0.5) is 5.82 Å². The summed E-state index contributed by atoms with van der Waals surface area (Å²) in [7, 11) is 0. The zero-order valence-corrected chi connectivity index (χ0v) is 7.83. The van der Waals surface area contributed by atoms with Crippen molar-refractivity contribution in [1.82, 2.24) is 10.3 Å². The number of anilines is 1. The van der Waals surface area contributed by atoms with Crippen LogP contribution in [-0.4, -0.2) is 24.6 Å². The Labute approximate surface area is 83.0 Å². The average Bonchev–Trinajstić information content (AvgIpc) is 2.16. The normalized spacial score (nSPS) is 15.6. The second-order valence-corrected chi connectivity index (χ2v) is 3.45. The molecule has 14 heavy (non-hydrogen) atoms. The fraction of sp³-hybridized carbons (Fsp3) is 0.400. The summed E-state index contributed by atoms with van der Waals surface area (Å²) >= 11 is 0. The molecule has 4 nitrogen and oxygen atoms in total. The van der Waals surface area contributed by atoms with Crippen molar-refractivity contribution in [3.8, 4) is 6.07 Å². The first-order valence-electron chi connectivity index (χ1n) is 4.69. The Balaban J connectivity index is 1.91. The van der Waals surface area contributed by atoms with Crippen molar-refractivity contribution < 1.29 is 0 Å². The van der Waals surface area contributed by atoms with Gasteiger partial charge in [0.1, 0.15) is 5.82 Å². The molecule has 1 saturated heterocycles. The summed E-state index contributed by atoms with van der Waals surface area (Å²) in [5, 5.41) is 15.1. The summed E-state index contributed by atoms with van der Waals surface area (Å²) in [6, 6.07) is 5.56. The number of rotatable bonds is 3. The third-order valence-corrected chi connectivity index (χ3v) is 2.33. The second kappa shape index (κ2) is 4.07. The van der Waals surface area contributed by atoms with Crippen LogP contribution >= 0.6 is 0 Å². The molecular weight excluding hydrogens is 176 g/mol. The van der Waals surface area contributed by atoms with E-state index in [4.69, 9.17) is 5.26 Å². The van der Waals surface area contributed by atoms with Crippen LogP contribution < -0.4 is 10.6 Å². The Morgan fingerprint density at radius 3 is 3.14 bits per heavy atom. The molecule has 2 rings (SSSR count). The summed E-state index contributed by atoms with van der Waals surface area (Å²) in [5.41, 5.74) is 0.647. The van der Waals surface area contributed by atoms with Gasteiger partial charge < -0.3 is 10.6 Å². The van der Waals surface area contributed by atoms with Crippen LogP contribution in [0, 0.1) is 17.2 Å². The molecule has 0 aromatic carbocycles. The predicted octanol–water partition coefficient (Wildman–Crippen LogP) is 0.585. The van der Waals surface area contributed by atoms with Crippen molar-refractivity contribution in [2.45, 2.75) is 0 Å². The molecule has 0 atom stereocenters. The SMILES string of the molecule is N#Cc1ccnc(NCC2CNC2)c1. The van der Waals surface area contributed by atoms with Crippen LogP contribution in [0.2, 0.25) is 0 Å². The number of pyridine rings is 1. The minimum Gasteiger partial charge on any atom is -0.370 e. The molecule has 1 aliphatic rings. The molecule has 0 radical (unpaired) electrons. The van der Waals surface area contributed by atoms with Gasteiger partial charge in [-0.3, -0.25) is 0 Å². The number of nitriles is 1. The molecule has 0 amide bonds. The average molecular weight is 188 g/mol. The van der Waals surface area contributed by atoms with E-state index in [-0.39, 0.29) is 0 Å². The molecule has 0 unspecified atom stereocenters. The lowest BCUT2D eigenvalue weighted by atomic mass is 10.0. The first kappa shape index (κ1) is 8.97. The summed E-state index contributed by atoms with van der Waals surface area (Å²) in [5.74, 6) is 1.48. The van der Waals surface area contributed by atoms with Gasteiger partial charge in [0.15, 0.2) is 0 Å². The molecule has 1 aromatic heterocycles. The highest BCUT2D eigenvalue weighted by molar-refractivity contribution is 5.42. The monoisotopic (exact) mass is 188 g/mol. The number of nitrogens with one attached hydrogen (secondary N) is 2. The van der Waals surface area contributed by atoms with Crippen LogP contribution in [-0.2, 0) is 0 Å². The van der Waals surface area contributed by atoms with Gasteiger partial charge in [-0.15, -0.1) is 0 Å². The lowest BCUT2D eigenvalue weighted by molar-refractivity contribution is 0.365. The molecule has 72 valence electrons. The van der Waals surface area contributed by atoms with Gasteiger partial charge in [-0.1, -0.05) is 0 Å². The third kappa shape index (κ3) is 2.01. The van der Waals surface area contributed by atoms with E-state index in [9.17, 15) is 0 Å². The first-order valence-corrected chi connectivity index (χ1v) is 4.69. The Bertz CT molecular complexity index is 351. The van der Waals surface area contributed by atoms with E-state index in [1.54, 1.807) is 18.3 Å². The first-order chi connectivity index (χ1) is 6.88. The molecule has 1 aromatic rings. The summed E-state index contributed by atoms with van der Waals surface area (Å²) in [6.07, 6.45) is 1.65. The standard InChI is InChI=1S/C10H12N4/c11-4-8-1-2-13-10(3-8)14-7-9-5-12-6-9/h1-3,9,12H,5-7H2,(H,13,14). The minimum absolute atomic E-state index is 0.647. The highest BCUT2D eigenvalue weighted by Crippen LogP contribution is 2.08. The zero-order valence-electron chi connectivity index (χ0n) is 7.83. The smallest absolute Gasteiger partial charge is 0.127 e. The number of hydrogen-bond acceptors (Lipinski definition) is 4. The van der Waals surface area contributed by atoms with E-state index in [2.05, 4.69) is 21.7 Å². The molecule has 0 saturated carbocycles. The van der Waals surface area contributed by atoms with Gasteiger partial charge in [0.25, 0.3) is 0 Å². The largest absolute Gasteiger partial charge is 0.370 e. The Morgan fingerprint density at radius 1 is 1.64 bits per heavy atom. The van der Waals surface area contributed by atoms with Crippen molar-refractivity contribution in [1.29, 1.82) is 5.26 Å².